The van der Waals surface area contributed by atoms with E-state index in [0.717, 1.165) is 9.92 Å². The van der Waals surface area contributed by atoms with Gasteiger partial charge in [0.2, 0.25) is 0 Å². The highest BCUT2D eigenvalue weighted by Gasteiger charge is 2.02. The van der Waals surface area contributed by atoms with Crippen LogP contribution in [0.2, 0.25) is 5.15 Å². The fraction of sp³-hybridized carbons (Fsp3) is 0.231. The normalized spacial score (nSPS) is 10.8. The number of nitrogens with zero attached hydrogens (tertiary/aromatic N) is 2. The quantitative estimate of drug-likeness (QED) is 0.768. The maximum atomic E-state index is 5.81. The molecular weight excluding hydrogens is 252 g/mol. The van der Waals surface area contributed by atoms with Crippen LogP contribution in [0, 0.1) is 0 Å². The smallest absolute Gasteiger partial charge is 0.133 e. The van der Waals surface area contributed by atoms with Crippen LogP contribution in [0.3, 0.4) is 0 Å². The zero-order chi connectivity index (χ0) is 12.3. The first kappa shape index (κ1) is 12.4. The van der Waals surface area contributed by atoms with Crippen molar-refractivity contribution in [3.05, 3.63) is 47.4 Å². The number of aromatic nitrogens is 2. The van der Waals surface area contributed by atoms with Gasteiger partial charge in [0.05, 0.1) is 0 Å². The molecule has 1 aromatic heterocycles. The van der Waals surface area contributed by atoms with Gasteiger partial charge in [0.25, 0.3) is 0 Å². The third kappa shape index (κ3) is 3.45. The van der Waals surface area contributed by atoms with Gasteiger partial charge < -0.3 is 0 Å². The molecular formula is C13H13ClN2S. The number of rotatable bonds is 3. The molecule has 2 nitrogen and oxygen atoms in total. The van der Waals surface area contributed by atoms with Crippen molar-refractivity contribution in [2.75, 3.05) is 0 Å². The second-order valence-electron chi connectivity index (χ2n) is 4.00. The summed E-state index contributed by atoms with van der Waals surface area (Å²) in [5.74, 6) is 0.558. The zero-order valence-electron chi connectivity index (χ0n) is 9.72. The monoisotopic (exact) mass is 264 g/mol. The number of hydrogen-bond donors (Lipinski definition) is 0. The number of halogens is 1. The Morgan fingerprint density at radius 2 is 1.82 bits per heavy atom. The van der Waals surface area contributed by atoms with Crippen LogP contribution < -0.4 is 0 Å². The molecule has 0 saturated carbocycles. The highest BCUT2D eigenvalue weighted by molar-refractivity contribution is 7.99. The first-order chi connectivity index (χ1) is 8.15. The Morgan fingerprint density at radius 3 is 2.41 bits per heavy atom. The molecule has 17 heavy (non-hydrogen) atoms. The molecule has 88 valence electrons. The summed E-state index contributed by atoms with van der Waals surface area (Å²) in [6.07, 6.45) is 1.48. The molecule has 0 radical (unpaired) electrons. The number of hydrogen-bond acceptors (Lipinski definition) is 3. The summed E-state index contributed by atoms with van der Waals surface area (Å²) >= 11 is 7.40. The predicted octanol–water partition coefficient (Wildman–Crippen LogP) is 4.40. The lowest BCUT2D eigenvalue weighted by atomic mass is 10.0. The molecule has 0 spiro atoms. The molecule has 4 heteroatoms. The first-order valence-corrected chi connectivity index (χ1v) is 6.60. The van der Waals surface area contributed by atoms with E-state index in [0.29, 0.717) is 11.1 Å². The van der Waals surface area contributed by atoms with Crippen LogP contribution in [0.25, 0.3) is 0 Å². The Hall–Kier alpha value is -1.06. The molecule has 0 atom stereocenters. The van der Waals surface area contributed by atoms with E-state index < -0.39 is 0 Å². The van der Waals surface area contributed by atoms with Crippen molar-refractivity contribution in [3.63, 3.8) is 0 Å². The molecule has 0 aliphatic carbocycles. The molecule has 0 saturated heterocycles. The molecule has 0 N–H and O–H groups in total. The minimum Gasteiger partial charge on any atom is -0.230 e. The van der Waals surface area contributed by atoms with Gasteiger partial charge in [0.15, 0.2) is 0 Å². The molecule has 0 unspecified atom stereocenters. The van der Waals surface area contributed by atoms with Crippen molar-refractivity contribution >= 4 is 23.4 Å². The third-order valence-electron chi connectivity index (χ3n) is 2.38. The summed E-state index contributed by atoms with van der Waals surface area (Å²) in [6, 6.07) is 10.3. The summed E-state index contributed by atoms with van der Waals surface area (Å²) in [4.78, 5) is 9.18. The van der Waals surface area contributed by atoms with Gasteiger partial charge in [-0.1, -0.05) is 49.3 Å². The van der Waals surface area contributed by atoms with Crippen LogP contribution in [0.15, 0.2) is 46.6 Å². The van der Waals surface area contributed by atoms with Crippen molar-refractivity contribution < 1.29 is 0 Å². The lowest BCUT2D eigenvalue weighted by molar-refractivity contribution is 0.865. The molecule has 0 aliphatic rings. The second kappa shape index (κ2) is 5.52. The average molecular weight is 265 g/mol. The van der Waals surface area contributed by atoms with Crippen LogP contribution in [0.1, 0.15) is 25.3 Å². The highest BCUT2D eigenvalue weighted by Crippen LogP contribution is 2.28. The van der Waals surface area contributed by atoms with E-state index >= 15 is 0 Å². The number of benzene rings is 1. The van der Waals surface area contributed by atoms with Gasteiger partial charge in [0, 0.05) is 11.0 Å². The van der Waals surface area contributed by atoms with Crippen molar-refractivity contribution in [2.45, 2.75) is 29.7 Å². The SMILES string of the molecule is CC(C)c1ccc(Sc2cc(Cl)ncn2)cc1. The maximum Gasteiger partial charge on any atom is 0.133 e. The van der Waals surface area contributed by atoms with Crippen LogP contribution in [-0.2, 0) is 0 Å². The van der Waals surface area contributed by atoms with Crippen LogP contribution in [-0.4, -0.2) is 9.97 Å². The predicted molar refractivity (Wildman–Crippen MR) is 71.7 cm³/mol. The van der Waals surface area contributed by atoms with E-state index in [2.05, 4.69) is 48.1 Å². The third-order valence-corrected chi connectivity index (χ3v) is 3.52. The zero-order valence-corrected chi connectivity index (χ0v) is 11.3. The van der Waals surface area contributed by atoms with E-state index in [4.69, 9.17) is 11.6 Å². The van der Waals surface area contributed by atoms with E-state index in [9.17, 15) is 0 Å². The first-order valence-electron chi connectivity index (χ1n) is 5.40. The topological polar surface area (TPSA) is 25.8 Å². The molecule has 1 aromatic carbocycles. The Morgan fingerprint density at radius 1 is 1.12 bits per heavy atom. The fourth-order valence-corrected chi connectivity index (χ4v) is 2.41. The van der Waals surface area contributed by atoms with Gasteiger partial charge in [-0.25, -0.2) is 9.97 Å². The van der Waals surface area contributed by atoms with Gasteiger partial charge in [0.1, 0.15) is 16.5 Å². The summed E-state index contributed by atoms with van der Waals surface area (Å²) in [7, 11) is 0. The lowest BCUT2D eigenvalue weighted by Crippen LogP contribution is -1.86. The van der Waals surface area contributed by atoms with Gasteiger partial charge in [-0.3, -0.25) is 0 Å². The van der Waals surface area contributed by atoms with Crippen molar-refractivity contribution in [1.29, 1.82) is 0 Å². The van der Waals surface area contributed by atoms with Crippen molar-refractivity contribution in [2.24, 2.45) is 0 Å². The minimum absolute atomic E-state index is 0.473. The van der Waals surface area contributed by atoms with Gasteiger partial charge >= 0.3 is 0 Å². The molecule has 0 aliphatic heterocycles. The van der Waals surface area contributed by atoms with Crippen LogP contribution >= 0.6 is 23.4 Å². The maximum absolute atomic E-state index is 5.81. The van der Waals surface area contributed by atoms with Gasteiger partial charge in [-0.2, -0.15) is 0 Å². The van der Waals surface area contributed by atoms with Crippen LogP contribution in [0.5, 0.6) is 0 Å². The standard InChI is InChI=1S/C13H13ClN2S/c1-9(2)10-3-5-11(6-4-10)17-13-7-12(14)15-8-16-13/h3-9H,1-2H3. The molecule has 1 heterocycles. The van der Waals surface area contributed by atoms with Crippen molar-refractivity contribution in [1.82, 2.24) is 9.97 Å². The van der Waals surface area contributed by atoms with Gasteiger partial charge in [-0.15, -0.1) is 0 Å². The summed E-state index contributed by atoms with van der Waals surface area (Å²) in [5.41, 5.74) is 1.34. The highest BCUT2D eigenvalue weighted by atomic mass is 35.5. The van der Waals surface area contributed by atoms with E-state index in [1.807, 2.05) is 0 Å². The van der Waals surface area contributed by atoms with Gasteiger partial charge in [-0.05, 0) is 23.6 Å². The second-order valence-corrected chi connectivity index (χ2v) is 5.49. The van der Waals surface area contributed by atoms with Crippen molar-refractivity contribution in [3.8, 4) is 0 Å². The Bertz CT molecular complexity index is 497. The Labute approximate surface area is 110 Å². The van der Waals surface area contributed by atoms with E-state index in [1.165, 1.54) is 11.9 Å². The summed E-state index contributed by atoms with van der Waals surface area (Å²) in [5, 5.41) is 1.34. The molecule has 0 fully saturated rings. The minimum atomic E-state index is 0.473. The van der Waals surface area contributed by atoms with E-state index in [-0.39, 0.29) is 0 Å². The Balaban J connectivity index is 2.14. The summed E-state index contributed by atoms with van der Waals surface area (Å²) < 4.78 is 0. The average Bonchev–Trinajstić information content (AvgIpc) is 2.29. The largest absolute Gasteiger partial charge is 0.230 e. The molecule has 2 rings (SSSR count). The Kier molecular flexibility index (Phi) is 4.02. The molecule has 0 amide bonds. The van der Waals surface area contributed by atoms with Crippen LogP contribution in [0.4, 0.5) is 0 Å². The molecule has 0 bridgehead atoms. The van der Waals surface area contributed by atoms with E-state index in [1.54, 1.807) is 17.8 Å². The lowest BCUT2D eigenvalue weighted by Gasteiger charge is -2.06. The fourth-order valence-electron chi connectivity index (χ4n) is 1.41. The summed E-state index contributed by atoms with van der Waals surface area (Å²) in [6.45, 7) is 4.37. The molecule has 2 aromatic rings.